The molecule has 0 radical (unpaired) electrons. The van der Waals surface area contributed by atoms with E-state index in [9.17, 15) is 0 Å². The van der Waals surface area contributed by atoms with Crippen molar-refractivity contribution >= 4 is 0 Å². The first-order chi connectivity index (χ1) is 8.47. The Hall–Kier alpha value is -1.02. The number of benzene rings is 1. The molecule has 0 aliphatic heterocycles. The second-order valence-corrected chi connectivity index (χ2v) is 5.75. The molecule has 2 heteroatoms. The summed E-state index contributed by atoms with van der Waals surface area (Å²) >= 11 is 0. The first kappa shape index (κ1) is 15.0. The van der Waals surface area contributed by atoms with Gasteiger partial charge in [0.1, 0.15) is 12.4 Å². The first-order valence-electron chi connectivity index (χ1n) is 6.94. The number of rotatable bonds is 6. The normalized spacial score (nSPS) is 13.4. The maximum atomic E-state index is 5.88. The fraction of sp³-hybridized carbons (Fsp3) is 0.625. The Morgan fingerprint density at radius 2 is 1.94 bits per heavy atom. The molecule has 0 bridgehead atoms. The second kappa shape index (κ2) is 6.79. The predicted molar refractivity (Wildman–Crippen MR) is 78.4 cm³/mol. The fourth-order valence-corrected chi connectivity index (χ4v) is 1.86. The maximum Gasteiger partial charge on any atom is 0.119 e. The molecule has 0 aromatic heterocycles. The molecule has 1 aromatic carbocycles. The molecule has 0 saturated carbocycles. The van der Waals surface area contributed by atoms with E-state index < -0.39 is 0 Å². The predicted octanol–water partition coefficient (Wildman–Crippen LogP) is 3.75. The van der Waals surface area contributed by atoms with Gasteiger partial charge in [0.15, 0.2) is 0 Å². The average molecular weight is 249 g/mol. The molecular formula is C16H27NO. The van der Waals surface area contributed by atoms with Crippen LogP contribution in [0.15, 0.2) is 24.3 Å². The number of nitrogens with one attached hydrogen (secondary N) is 1. The van der Waals surface area contributed by atoms with Crippen molar-refractivity contribution in [1.29, 1.82) is 0 Å². The number of likely N-dealkylation sites (N-methyl/N-ethyl adjacent to an activating group) is 1. The number of hydrogen-bond acceptors (Lipinski definition) is 2. The summed E-state index contributed by atoms with van der Waals surface area (Å²) in [6.45, 7) is 12.7. The van der Waals surface area contributed by atoms with Crippen LogP contribution in [0.1, 0.15) is 46.6 Å². The monoisotopic (exact) mass is 249 g/mol. The highest BCUT2D eigenvalue weighted by Gasteiger charge is 2.14. The molecule has 0 aliphatic carbocycles. The lowest BCUT2D eigenvalue weighted by molar-refractivity contribution is 0.261. The minimum Gasteiger partial charge on any atom is -0.492 e. The third-order valence-corrected chi connectivity index (χ3v) is 3.14. The van der Waals surface area contributed by atoms with Crippen LogP contribution in [-0.2, 0) is 5.41 Å². The van der Waals surface area contributed by atoms with E-state index in [-0.39, 0.29) is 5.41 Å². The third-order valence-electron chi connectivity index (χ3n) is 3.14. The minimum atomic E-state index is 0.172. The molecule has 102 valence electrons. The van der Waals surface area contributed by atoms with Gasteiger partial charge in [-0.1, -0.05) is 46.8 Å². The molecule has 1 unspecified atom stereocenters. The maximum absolute atomic E-state index is 5.88. The smallest absolute Gasteiger partial charge is 0.119 e. The summed E-state index contributed by atoms with van der Waals surface area (Å²) in [5.74, 6) is 0.971. The quantitative estimate of drug-likeness (QED) is 0.829. The van der Waals surface area contributed by atoms with Gasteiger partial charge in [-0.3, -0.25) is 0 Å². The Labute approximate surface area is 112 Å². The third kappa shape index (κ3) is 4.69. The topological polar surface area (TPSA) is 21.3 Å². The average Bonchev–Trinajstić information content (AvgIpc) is 2.34. The molecule has 1 atom stereocenters. The molecular weight excluding hydrogens is 222 g/mol. The number of ether oxygens (including phenoxy) is 1. The van der Waals surface area contributed by atoms with Crippen molar-refractivity contribution in [3.8, 4) is 5.75 Å². The molecule has 0 aliphatic rings. The van der Waals surface area contributed by atoms with Gasteiger partial charge in [0.05, 0.1) is 0 Å². The van der Waals surface area contributed by atoms with Crippen LogP contribution in [-0.4, -0.2) is 19.2 Å². The molecule has 18 heavy (non-hydrogen) atoms. The van der Waals surface area contributed by atoms with E-state index in [1.807, 2.05) is 6.07 Å². The van der Waals surface area contributed by atoms with E-state index >= 15 is 0 Å². The van der Waals surface area contributed by atoms with Gasteiger partial charge >= 0.3 is 0 Å². The molecule has 0 heterocycles. The van der Waals surface area contributed by atoms with Crippen LogP contribution in [0.3, 0.4) is 0 Å². The summed E-state index contributed by atoms with van der Waals surface area (Å²) in [6.07, 6.45) is 1.09. The number of hydrogen-bond donors (Lipinski definition) is 1. The van der Waals surface area contributed by atoms with Crippen molar-refractivity contribution in [2.75, 3.05) is 13.2 Å². The standard InChI is InChI=1S/C16H27NO/c1-6-14(17-7-2)12-18-15-10-8-9-13(11-15)16(3,4)5/h8-11,14,17H,6-7,12H2,1-5H3. The highest BCUT2D eigenvalue weighted by Crippen LogP contribution is 2.25. The zero-order chi connectivity index (χ0) is 13.6. The van der Waals surface area contributed by atoms with Crippen LogP contribution in [0.5, 0.6) is 5.75 Å². The Morgan fingerprint density at radius 1 is 1.22 bits per heavy atom. The molecule has 1 N–H and O–H groups in total. The molecule has 1 rings (SSSR count). The van der Waals surface area contributed by atoms with Crippen molar-refractivity contribution in [3.63, 3.8) is 0 Å². The zero-order valence-electron chi connectivity index (χ0n) is 12.4. The van der Waals surface area contributed by atoms with Crippen molar-refractivity contribution in [2.24, 2.45) is 0 Å². The minimum absolute atomic E-state index is 0.172. The molecule has 0 saturated heterocycles. The van der Waals surface area contributed by atoms with E-state index in [0.717, 1.165) is 25.3 Å². The van der Waals surface area contributed by atoms with Crippen LogP contribution in [0, 0.1) is 0 Å². The van der Waals surface area contributed by atoms with Gasteiger partial charge in [0.2, 0.25) is 0 Å². The lowest BCUT2D eigenvalue weighted by atomic mass is 9.87. The summed E-state index contributed by atoms with van der Waals surface area (Å²) in [5.41, 5.74) is 1.49. The first-order valence-corrected chi connectivity index (χ1v) is 6.94. The molecule has 2 nitrogen and oxygen atoms in total. The van der Waals surface area contributed by atoms with Gasteiger partial charge in [0.25, 0.3) is 0 Å². The van der Waals surface area contributed by atoms with Crippen LogP contribution in [0.25, 0.3) is 0 Å². The van der Waals surface area contributed by atoms with Gasteiger partial charge < -0.3 is 10.1 Å². The molecule has 1 aromatic rings. The summed E-state index contributed by atoms with van der Waals surface area (Å²) in [6, 6.07) is 8.86. The van der Waals surface area contributed by atoms with Crippen molar-refractivity contribution < 1.29 is 4.74 Å². The Bertz CT molecular complexity index is 354. The lowest BCUT2D eigenvalue weighted by Crippen LogP contribution is -2.33. The van der Waals surface area contributed by atoms with E-state index in [4.69, 9.17) is 4.74 Å². The van der Waals surface area contributed by atoms with Crippen LogP contribution in [0.2, 0.25) is 0 Å². The molecule has 0 spiro atoms. The van der Waals surface area contributed by atoms with E-state index in [2.05, 4.69) is 58.1 Å². The van der Waals surface area contributed by atoms with Crippen LogP contribution >= 0.6 is 0 Å². The van der Waals surface area contributed by atoms with Gasteiger partial charge in [-0.2, -0.15) is 0 Å². The summed E-state index contributed by atoms with van der Waals surface area (Å²) in [4.78, 5) is 0. The Balaban J connectivity index is 2.62. The Morgan fingerprint density at radius 3 is 2.50 bits per heavy atom. The summed E-state index contributed by atoms with van der Waals surface area (Å²) < 4.78 is 5.88. The van der Waals surface area contributed by atoms with E-state index in [1.165, 1.54) is 5.56 Å². The largest absolute Gasteiger partial charge is 0.492 e. The Kier molecular flexibility index (Phi) is 5.67. The van der Waals surface area contributed by atoms with Crippen LogP contribution in [0.4, 0.5) is 0 Å². The van der Waals surface area contributed by atoms with E-state index in [0.29, 0.717) is 6.04 Å². The van der Waals surface area contributed by atoms with Gasteiger partial charge in [-0.25, -0.2) is 0 Å². The van der Waals surface area contributed by atoms with Gasteiger partial charge in [-0.15, -0.1) is 0 Å². The summed E-state index contributed by atoms with van der Waals surface area (Å²) in [5, 5.41) is 3.42. The van der Waals surface area contributed by atoms with Crippen LogP contribution < -0.4 is 10.1 Å². The van der Waals surface area contributed by atoms with Crippen molar-refractivity contribution in [1.82, 2.24) is 5.32 Å². The lowest BCUT2D eigenvalue weighted by Gasteiger charge is -2.21. The van der Waals surface area contributed by atoms with Crippen molar-refractivity contribution in [2.45, 2.75) is 52.5 Å². The summed E-state index contributed by atoms with van der Waals surface area (Å²) in [7, 11) is 0. The zero-order valence-corrected chi connectivity index (χ0v) is 12.4. The van der Waals surface area contributed by atoms with Crippen molar-refractivity contribution in [3.05, 3.63) is 29.8 Å². The highest BCUT2D eigenvalue weighted by atomic mass is 16.5. The van der Waals surface area contributed by atoms with Gasteiger partial charge in [0, 0.05) is 6.04 Å². The SMILES string of the molecule is CCNC(CC)COc1cccc(C(C)(C)C)c1. The molecule has 0 fully saturated rings. The van der Waals surface area contributed by atoms with Gasteiger partial charge in [-0.05, 0) is 36.1 Å². The fourth-order valence-electron chi connectivity index (χ4n) is 1.86. The molecule has 0 amide bonds. The highest BCUT2D eigenvalue weighted by molar-refractivity contribution is 5.32. The second-order valence-electron chi connectivity index (χ2n) is 5.75. The van der Waals surface area contributed by atoms with E-state index in [1.54, 1.807) is 0 Å².